The maximum absolute atomic E-state index is 5.76. The zero-order valence-electron chi connectivity index (χ0n) is 8.78. The second-order valence-corrected chi connectivity index (χ2v) is 4.38. The number of rotatable bonds is 2. The predicted molar refractivity (Wildman–Crippen MR) is 61.2 cm³/mol. The molecule has 2 rings (SSSR count). The van der Waals surface area contributed by atoms with Crippen LogP contribution in [0.3, 0.4) is 0 Å². The van der Waals surface area contributed by atoms with Crippen LogP contribution in [0.25, 0.3) is 0 Å². The predicted octanol–water partition coefficient (Wildman–Crippen LogP) is 1.64. The summed E-state index contributed by atoms with van der Waals surface area (Å²) < 4.78 is 0. The third kappa shape index (κ3) is 3.04. The standard InChI is InChI=1S/C10H15ClN4/c1-15-4-2-8(3-5-15)13-9-6-10(11)14-12-7-9/h6-8H,2-5H2,1H3,(H,13,14). The van der Waals surface area contributed by atoms with Crippen LogP contribution in [-0.4, -0.2) is 41.3 Å². The van der Waals surface area contributed by atoms with Gasteiger partial charge < -0.3 is 10.2 Å². The van der Waals surface area contributed by atoms with Crippen molar-refractivity contribution in [2.24, 2.45) is 0 Å². The molecule has 0 aromatic carbocycles. The van der Waals surface area contributed by atoms with E-state index in [4.69, 9.17) is 11.6 Å². The average molecular weight is 227 g/mol. The zero-order chi connectivity index (χ0) is 10.7. The number of hydrogen-bond acceptors (Lipinski definition) is 4. The molecule has 5 heteroatoms. The summed E-state index contributed by atoms with van der Waals surface area (Å²) in [7, 11) is 2.15. The molecule has 1 aliphatic heterocycles. The number of hydrogen-bond donors (Lipinski definition) is 1. The summed E-state index contributed by atoms with van der Waals surface area (Å²) in [5, 5.41) is 11.4. The monoisotopic (exact) mass is 226 g/mol. The molecule has 1 saturated heterocycles. The zero-order valence-corrected chi connectivity index (χ0v) is 9.54. The molecule has 0 saturated carbocycles. The minimum Gasteiger partial charge on any atom is -0.381 e. The highest BCUT2D eigenvalue weighted by Gasteiger charge is 2.16. The first-order valence-electron chi connectivity index (χ1n) is 5.17. The van der Waals surface area contributed by atoms with Crippen LogP contribution in [0.1, 0.15) is 12.8 Å². The smallest absolute Gasteiger partial charge is 0.153 e. The third-order valence-corrected chi connectivity index (χ3v) is 2.90. The van der Waals surface area contributed by atoms with Gasteiger partial charge in [0, 0.05) is 12.1 Å². The van der Waals surface area contributed by atoms with Gasteiger partial charge in [0.05, 0.1) is 11.9 Å². The second-order valence-electron chi connectivity index (χ2n) is 3.99. The van der Waals surface area contributed by atoms with Gasteiger partial charge in [0.25, 0.3) is 0 Å². The number of nitrogens with zero attached hydrogens (tertiary/aromatic N) is 3. The largest absolute Gasteiger partial charge is 0.381 e. The molecule has 0 bridgehead atoms. The molecule has 0 aliphatic carbocycles. The van der Waals surface area contributed by atoms with Gasteiger partial charge in [-0.15, -0.1) is 5.10 Å². The Morgan fingerprint density at radius 3 is 2.87 bits per heavy atom. The fourth-order valence-electron chi connectivity index (χ4n) is 1.81. The van der Waals surface area contributed by atoms with Gasteiger partial charge in [-0.05, 0) is 33.0 Å². The number of piperidine rings is 1. The first kappa shape index (κ1) is 10.6. The lowest BCUT2D eigenvalue weighted by Crippen LogP contribution is -2.36. The molecule has 0 atom stereocenters. The number of anilines is 1. The quantitative estimate of drug-likeness (QED) is 0.833. The molecule has 1 fully saturated rings. The van der Waals surface area contributed by atoms with Gasteiger partial charge in [-0.25, -0.2) is 0 Å². The molecular formula is C10H15ClN4. The topological polar surface area (TPSA) is 41.0 Å². The van der Waals surface area contributed by atoms with E-state index in [1.807, 2.05) is 6.07 Å². The summed E-state index contributed by atoms with van der Waals surface area (Å²) in [6, 6.07) is 2.34. The van der Waals surface area contributed by atoms with Gasteiger partial charge in [0.1, 0.15) is 0 Å². The van der Waals surface area contributed by atoms with Crippen molar-refractivity contribution in [3.05, 3.63) is 17.4 Å². The van der Waals surface area contributed by atoms with Crippen molar-refractivity contribution in [1.29, 1.82) is 0 Å². The van der Waals surface area contributed by atoms with Crippen molar-refractivity contribution >= 4 is 17.3 Å². The Bertz CT molecular complexity index is 323. The summed E-state index contributed by atoms with van der Waals surface area (Å²) in [4.78, 5) is 2.34. The van der Waals surface area contributed by atoms with Crippen LogP contribution in [0.4, 0.5) is 5.69 Å². The maximum atomic E-state index is 5.76. The van der Waals surface area contributed by atoms with E-state index in [1.165, 1.54) is 0 Å². The van der Waals surface area contributed by atoms with E-state index in [0.717, 1.165) is 31.6 Å². The molecule has 1 aliphatic rings. The summed E-state index contributed by atoms with van der Waals surface area (Å²) >= 11 is 5.76. The van der Waals surface area contributed by atoms with Crippen LogP contribution in [-0.2, 0) is 0 Å². The molecule has 2 heterocycles. The normalized spacial score (nSPS) is 19.1. The van der Waals surface area contributed by atoms with E-state index in [0.29, 0.717) is 11.2 Å². The first-order valence-corrected chi connectivity index (χ1v) is 5.55. The number of halogens is 1. The molecule has 1 aromatic rings. The third-order valence-electron chi connectivity index (χ3n) is 2.71. The van der Waals surface area contributed by atoms with Gasteiger partial charge >= 0.3 is 0 Å². The summed E-state index contributed by atoms with van der Waals surface area (Å²) in [5.74, 6) is 0. The van der Waals surface area contributed by atoms with E-state index in [-0.39, 0.29) is 0 Å². The maximum Gasteiger partial charge on any atom is 0.153 e. The molecule has 0 spiro atoms. The fraction of sp³-hybridized carbons (Fsp3) is 0.600. The Kier molecular flexibility index (Phi) is 3.38. The molecule has 15 heavy (non-hydrogen) atoms. The summed E-state index contributed by atoms with van der Waals surface area (Å²) in [6.07, 6.45) is 4.04. The van der Waals surface area contributed by atoms with Crippen LogP contribution < -0.4 is 5.32 Å². The van der Waals surface area contributed by atoms with Crippen LogP contribution in [0.15, 0.2) is 12.3 Å². The Hall–Kier alpha value is -0.870. The van der Waals surface area contributed by atoms with Crippen molar-refractivity contribution in [3.63, 3.8) is 0 Å². The highest BCUT2D eigenvalue weighted by Crippen LogP contribution is 2.16. The first-order chi connectivity index (χ1) is 7.24. The van der Waals surface area contributed by atoms with Crippen molar-refractivity contribution in [1.82, 2.24) is 15.1 Å². The second kappa shape index (κ2) is 4.77. The minimum absolute atomic E-state index is 0.438. The van der Waals surface area contributed by atoms with Crippen LogP contribution in [0, 0.1) is 0 Å². The van der Waals surface area contributed by atoms with E-state index in [1.54, 1.807) is 6.20 Å². The minimum atomic E-state index is 0.438. The van der Waals surface area contributed by atoms with Crippen molar-refractivity contribution in [2.75, 3.05) is 25.5 Å². The van der Waals surface area contributed by atoms with E-state index < -0.39 is 0 Å². The van der Waals surface area contributed by atoms with Gasteiger partial charge in [-0.3, -0.25) is 0 Å². The average Bonchev–Trinajstić information content (AvgIpc) is 2.22. The molecule has 0 radical (unpaired) electrons. The van der Waals surface area contributed by atoms with Crippen LogP contribution in [0.2, 0.25) is 5.15 Å². The van der Waals surface area contributed by atoms with E-state index in [9.17, 15) is 0 Å². The lowest BCUT2D eigenvalue weighted by Gasteiger charge is -2.29. The highest BCUT2D eigenvalue weighted by atomic mass is 35.5. The molecule has 1 N–H and O–H groups in total. The number of nitrogens with one attached hydrogen (secondary N) is 1. The summed E-state index contributed by atoms with van der Waals surface area (Å²) in [6.45, 7) is 2.29. The molecule has 0 amide bonds. The van der Waals surface area contributed by atoms with Crippen LogP contribution in [0.5, 0.6) is 0 Å². The molecular weight excluding hydrogens is 212 g/mol. The van der Waals surface area contributed by atoms with Crippen molar-refractivity contribution < 1.29 is 0 Å². The molecule has 1 aromatic heterocycles. The number of likely N-dealkylation sites (tertiary alicyclic amines) is 1. The Morgan fingerprint density at radius 2 is 2.20 bits per heavy atom. The molecule has 4 nitrogen and oxygen atoms in total. The fourth-order valence-corrected chi connectivity index (χ4v) is 1.97. The Labute approximate surface area is 94.6 Å². The van der Waals surface area contributed by atoms with Gasteiger partial charge in [-0.1, -0.05) is 11.6 Å². The van der Waals surface area contributed by atoms with Gasteiger partial charge in [0.15, 0.2) is 5.15 Å². The Balaban J connectivity index is 1.92. The van der Waals surface area contributed by atoms with Crippen molar-refractivity contribution in [2.45, 2.75) is 18.9 Å². The highest BCUT2D eigenvalue weighted by molar-refractivity contribution is 6.29. The molecule has 82 valence electrons. The van der Waals surface area contributed by atoms with Gasteiger partial charge in [-0.2, -0.15) is 5.10 Å². The lowest BCUT2D eigenvalue weighted by atomic mass is 10.1. The van der Waals surface area contributed by atoms with Crippen LogP contribution >= 0.6 is 11.6 Å². The number of aromatic nitrogens is 2. The van der Waals surface area contributed by atoms with Gasteiger partial charge in [0.2, 0.25) is 0 Å². The van der Waals surface area contributed by atoms with Crippen molar-refractivity contribution in [3.8, 4) is 0 Å². The lowest BCUT2D eigenvalue weighted by molar-refractivity contribution is 0.264. The SMILES string of the molecule is CN1CCC(Nc2cnnc(Cl)c2)CC1. The summed E-state index contributed by atoms with van der Waals surface area (Å²) in [5.41, 5.74) is 0.963. The Morgan fingerprint density at radius 1 is 1.47 bits per heavy atom. The molecule has 0 unspecified atom stereocenters. The van der Waals surface area contributed by atoms with E-state index in [2.05, 4.69) is 27.5 Å². The van der Waals surface area contributed by atoms with E-state index >= 15 is 0 Å².